The van der Waals surface area contributed by atoms with E-state index in [0.29, 0.717) is 40.0 Å². The molecule has 2 aliphatic carbocycles. The molecule has 0 aromatic heterocycles. The Morgan fingerprint density at radius 3 is 2.36 bits per heavy atom. The smallest absolute Gasteiger partial charge is 0.346 e. The van der Waals surface area contributed by atoms with Crippen molar-refractivity contribution in [1.82, 2.24) is 0 Å². The molecule has 1 N–H and O–H groups in total. The van der Waals surface area contributed by atoms with Crippen molar-refractivity contribution in [1.29, 1.82) is 0 Å². The average molecular weight is 557 g/mol. The number of esters is 2. The maximum Gasteiger partial charge on any atom is 0.346 e. The third kappa shape index (κ3) is 4.48. The first-order valence-corrected chi connectivity index (χ1v) is 14.1. The summed E-state index contributed by atoms with van der Waals surface area (Å²) >= 11 is 6.74. The van der Waals surface area contributed by atoms with Crippen LogP contribution in [0.25, 0.3) is 0 Å². The fraction of sp³-hybridized carbons (Fsp3) is 0.548. The number of aliphatic hydroxyl groups is 1. The minimum absolute atomic E-state index is 0.0656. The van der Waals surface area contributed by atoms with Crippen LogP contribution in [0.15, 0.2) is 12.1 Å². The van der Waals surface area contributed by atoms with E-state index < -0.39 is 17.5 Å². The second-order valence-electron chi connectivity index (χ2n) is 11.8. The number of cyclic esters (lactones) is 1. The van der Waals surface area contributed by atoms with Crippen molar-refractivity contribution in [2.75, 3.05) is 7.11 Å². The van der Waals surface area contributed by atoms with E-state index in [2.05, 4.69) is 0 Å². The SMILES string of the molecule is COc1c([C@@H](O)CC(C)C)ccc2c1C(=O)OCc1c(Cl)c(C)c(C)c(OC(=O)C3(C)C4CCC3CC4)c1O2. The molecule has 0 saturated heterocycles. The van der Waals surface area contributed by atoms with Crippen LogP contribution >= 0.6 is 11.6 Å². The van der Waals surface area contributed by atoms with Gasteiger partial charge in [0.05, 0.1) is 29.2 Å². The molecular formula is C31H37ClO7. The van der Waals surface area contributed by atoms with Gasteiger partial charge in [-0.25, -0.2) is 4.79 Å². The second-order valence-corrected chi connectivity index (χ2v) is 12.2. The first-order chi connectivity index (χ1) is 18.5. The van der Waals surface area contributed by atoms with Gasteiger partial charge in [0.2, 0.25) is 0 Å². The van der Waals surface area contributed by atoms with Gasteiger partial charge >= 0.3 is 11.9 Å². The predicted octanol–water partition coefficient (Wildman–Crippen LogP) is 7.24. The normalized spacial score (nSPS) is 24.3. The van der Waals surface area contributed by atoms with Crippen molar-refractivity contribution in [2.24, 2.45) is 23.2 Å². The van der Waals surface area contributed by atoms with Crippen molar-refractivity contribution in [3.8, 4) is 23.0 Å². The Bertz CT molecular complexity index is 1310. The van der Waals surface area contributed by atoms with E-state index in [9.17, 15) is 14.7 Å². The molecule has 0 radical (unpaired) electrons. The highest BCUT2D eigenvalue weighted by molar-refractivity contribution is 6.32. The summed E-state index contributed by atoms with van der Waals surface area (Å²) in [5, 5.41) is 11.2. The number of rotatable bonds is 6. The van der Waals surface area contributed by atoms with Crippen LogP contribution in [0.2, 0.25) is 5.02 Å². The topological polar surface area (TPSA) is 91.3 Å². The minimum atomic E-state index is -0.839. The van der Waals surface area contributed by atoms with Gasteiger partial charge in [-0.2, -0.15) is 0 Å². The first-order valence-electron chi connectivity index (χ1n) is 13.8. The van der Waals surface area contributed by atoms with Gasteiger partial charge in [0.1, 0.15) is 23.7 Å². The Labute approximate surface area is 234 Å². The van der Waals surface area contributed by atoms with Crippen LogP contribution in [-0.2, 0) is 16.1 Å². The Kier molecular flexibility index (Phi) is 7.36. The fourth-order valence-corrected chi connectivity index (χ4v) is 7.01. The van der Waals surface area contributed by atoms with Crippen molar-refractivity contribution in [3.05, 3.63) is 45.0 Å². The standard InChI is InChI=1S/C31H37ClO7/c1-15(2)13-22(33)20-11-12-23-24(27(20)36-6)29(34)37-14-21-25(32)16(3)17(4)26(28(21)38-23)39-30(35)31(5)18-7-8-19(31)10-9-18/h11-12,15,18-19,22,33H,7-10,13-14H2,1-6H3/t18?,19?,22-,31?/m0/s1. The molecule has 0 spiro atoms. The quantitative estimate of drug-likeness (QED) is 0.296. The van der Waals surface area contributed by atoms with Crippen LogP contribution in [0.1, 0.15) is 91.6 Å². The molecule has 1 heterocycles. The molecule has 0 unspecified atom stereocenters. The highest BCUT2D eigenvalue weighted by atomic mass is 35.5. The van der Waals surface area contributed by atoms with Crippen molar-refractivity contribution in [3.63, 3.8) is 0 Å². The molecule has 2 fully saturated rings. The zero-order valence-corrected chi connectivity index (χ0v) is 24.2. The summed E-state index contributed by atoms with van der Waals surface area (Å²) in [7, 11) is 1.44. The van der Waals surface area contributed by atoms with Crippen LogP contribution < -0.4 is 14.2 Å². The van der Waals surface area contributed by atoms with Crippen LogP contribution in [0.4, 0.5) is 0 Å². The summed E-state index contributed by atoms with van der Waals surface area (Å²) in [6, 6.07) is 3.30. The Morgan fingerprint density at radius 2 is 1.77 bits per heavy atom. The molecule has 39 heavy (non-hydrogen) atoms. The van der Waals surface area contributed by atoms with E-state index >= 15 is 0 Å². The molecule has 2 saturated carbocycles. The lowest BCUT2D eigenvalue weighted by Gasteiger charge is -2.29. The lowest BCUT2D eigenvalue weighted by atomic mass is 9.80. The van der Waals surface area contributed by atoms with Gasteiger partial charge in [0.15, 0.2) is 11.5 Å². The maximum atomic E-state index is 13.7. The fourth-order valence-electron chi connectivity index (χ4n) is 6.72. The number of fused-ring (bicyclic) bond motifs is 4. The number of benzene rings is 2. The number of aliphatic hydroxyl groups excluding tert-OH is 1. The molecule has 2 bridgehead atoms. The zero-order valence-electron chi connectivity index (χ0n) is 23.5. The largest absolute Gasteiger partial charge is 0.495 e. The highest BCUT2D eigenvalue weighted by Crippen LogP contribution is 2.59. The van der Waals surface area contributed by atoms with E-state index in [1.165, 1.54) is 7.11 Å². The van der Waals surface area contributed by atoms with Gasteiger partial charge < -0.3 is 24.1 Å². The molecular weight excluding hydrogens is 520 g/mol. The molecule has 3 aliphatic rings. The Hall–Kier alpha value is -2.77. The molecule has 8 heteroatoms. The molecule has 2 aromatic rings. The molecule has 7 nitrogen and oxygen atoms in total. The lowest BCUT2D eigenvalue weighted by Crippen LogP contribution is -2.36. The van der Waals surface area contributed by atoms with Crippen molar-refractivity contribution >= 4 is 23.5 Å². The third-order valence-electron chi connectivity index (χ3n) is 9.21. The summed E-state index contributed by atoms with van der Waals surface area (Å²) in [5.41, 5.74) is 1.85. The van der Waals surface area contributed by atoms with E-state index in [4.69, 9.17) is 30.5 Å². The van der Waals surface area contributed by atoms with Crippen LogP contribution in [0.5, 0.6) is 23.0 Å². The maximum absolute atomic E-state index is 13.7. The number of hydrogen-bond acceptors (Lipinski definition) is 7. The highest BCUT2D eigenvalue weighted by Gasteiger charge is 2.57. The van der Waals surface area contributed by atoms with Crippen molar-refractivity contribution < 1.29 is 33.6 Å². The second kappa shape index (κ2) is 10.3. The zero-order chi connectivity index (χ0) is 28.2. The number of halogens is 1. The van der Waals surface area contributed by atoms with E-state index in [1.807, 2.05) is 34.6 Å². The number of hydrogen-bond donors (Lipinski definition) is 1. The van der Waals surface area contributed by atoms with E-state index in [-0.39, 0.29) is 47.1 Å². The van der Waals surface area contributed by atoms with E-state index in [0.717, 1.165) is 31.2 Å². The van der Waals surface area contributed by atoms with Gasteiger partial charge in [-0.3, -0.25) is 4.79 Å². The number of carbonyl (C=O) groups excluding carboxylic acids is 2. The summed E-state index contributed by atoms with van der Waals surface area (Å²) < 4.78 is 23.9. The van der Waals surface area contributed by atoms with Crippen LogP contribution in [0.3, 0.4) is 0 Å². The van der Waals surface area contributed by atoms with E-state index in [1.54, 1.807) is 12.1 Å². The predicted molar refractivity (Wildman–Crippen MR) is 147 cm³/mol. The summed E-state index contributed by atoms with van der Waals surface area (Å²) in [6.07, 6.45) is 3.81. The number of ether oxygens (including phenoxy) is 4. The van der Waals surface area contributed by atoms with Gasteiger partial charge in [0, 0.05) is 11.1 Å². The molecule has 5 rings (SSSR count). The molecule has 2 aromatic carbocycles. The number of methoxy groups -OCH3 is 1. The molecule has 1 atom stereocenters. The Balaban J connectivity index is 1.61. The summed E-state index contributed by atoms with van der Waals surface area (Å²) in [4.78, 5) is 27.0. The average Bonchev–Trinajstić information content (AvgIpc) is 3.40. The summed E-state index contributed by atoms with van der Waals surface area (Å²) in [6.45, 7) is 9.55. The van der Waals surface area contributed by atoms with Crippen LogP contribution in [-0.4, -0.2) is 24.2 Å². The van der Waals surface area contributed by atoms with Crippen molar-refractivity contribution in [2.45, 2.75) is 79.4 Å². The molecule has 1 aliphatic heterocycles. The monoisotopic (exact) mass is 556 g/mol. The first kappa shape index (κ1) is 27.8. The summed E-state index contributed by atoms with van der Waals surface area (Å²) in [5.74, 6) is 0.833. The molecule has 210 valence electrons. The van der Waals surface area contributed by atoms with Gasteiger partial charge in [-0.1, -0.05) is 25.4 Å². The number of carbonyl (C=O) groups is 2. The lowest BCUT2D eigenvalue weighted by molar-refractivity contribution is -0.147. The van der Waals surface area contributed by atoms with Crippen LogP contribution in [0, 0.1) is 37.0 Å². The van der Waals surface area contributed by atoms with Gasteiger partial charge in [0.25, 0.3) is 0 Å². The minimum Gasteiger partial charge on any atom is -0.495 e. The third-order valence-corrected chi connectivity index (χ3v) is 9.72. The van der Waals surface area contributed by atoms with Gasteiger partial charge in [-0.15, -0.1) is 0 Å². The molecule has 0 amide bonds. The van der Waals surface area contributed by atoms with Gasteiger partial charge in [-0.05, 0) is 88.3 Å². The Morgan fingerprint density at radius 1 is 1.13 bits per heavy atom.